The number of urea groups is 1. The molecule has 1 aliphatic rings. The number of aliphatic carboxylic acids is 1. The molecule has 1 heterocycles. The van der Waals surface area contributed by atoms with Gasteiger partial charge in [0.1, 0.15) is 0 Å². The summed E-state index contributed by atoms with van der Waals surface area (Å²) in [5.74, 6) is -0.779. The van der Waals surface area contributed by atoms with Crippen LogP contribution in [0.5, 0.6) is 0 Å². The molecule has 3 N–H and O–H groups in total. The number of carboxylic acid groups (broad SMARTS) is 1. The summed E-state index contributed by atoms with van der Waals surface area (Å²) in [7, 11) is 0. The first-order valence-electron chi connectivity index (χ1n) is 8.71. The van der Waals surface area contributed by atoms with Crippen molar-refractivity contribution in [2.45, 2.75) is 26.3 Å². The Labute approximate surface area is 152 Å². The summed E-state index contributed by atoms with van der Waals surface area (Å²) in [4.78, 5) is 25.2. The van der Waals surface area contributed by atoms with Gasteiger partial charge in [0.2, 0.25) is 0 Å². The van der Waals surface area contributed by atoms with Crippen LogP contribution in [0.1, 0.15) is 23.1 Å². The number of rotatable bonds is 5. The molecule has 6 nitrogen and oxygen atoms in total. The molecular formula is C20H23N3O3. The summed E-state index contributed by atoms with van der Waals surface area (Å²) in [5.41, 5.74) is 4.95. The molecule has 2 aromatic carbocycles. The number of carbonyl (C=O) groups excluding carboxylic acids is 1. The Morgan fingerprint density at radius 3 is 2.62 bits per heavy atom. The lowest BCUT2D eigenvalue weighted by atomic mass is 9.97. The van der Waals surface area contributed by atoms with Crippen molar-refractivity contribution in [2.75, 3.05) is 23.7 Å². The molecule has 0 atom stereocenters. The highest BCUT2D eigenvalue weighted by Crippen LogP contribution is 2.26. The molecule has 2 aromatic rings. The first kappa shape index (κ1) is 17.9. The van der Waals surface area contributed by atoms with E-state index < -0.39 is 5.97 Å². The number of benzene rings is 2. The molecule has 1 aliphatic heterocycles. The second-order valence-electron chi connectivity index (χ2n) is 6.56. The monoisotopic (exact) mass is 353 g/mol. The topological polar surface area (TPSA) is 81.7 Å². The van der Waals surface area contributed by atoms with E-state index in [0.29, 0.717) is 13.1 Å². The van der Waals surface area contributed by atoms with Crippen molar-refractivity contribution in [3.8, 4) is 0 Å². The third-order valence-corrected chi connectivity index (χ3v) is 4.54. The van der Waals surface area contributed by atoms with Crippen LogP contribution < -0.4 is 10.6 Å². The standard InChI is InChI=1S/C20H23N3O3/c1-14-5-7-16(8-6-14)21-20(26)22-18-4-2-3-15-13-23(11-9-17(15)18)12-10-19(24)25/h2-8H,9-13H2,1H3,(H,24,25)(H2,21,22,26). The largest absolute Gasteiger partial charge is 0.481 e. The minimum atomic E-state index is -0.779. The summed E-state index contributed by atoms with van der Waals surface area (Å²) >= 11 is 0. The summed E-state index contributed by atoms with van der Waals surface area (Å²) in [5, 5.41) is 14.6. The first-order chi connectivity index (χ1) is 12.5. The SMILES string of the molecule is Cc1ccc(NC(=O)Nc2cccc3c2CCN(CCC(=O)O)C3)cc1. The van der Waals surface area contributed by atoms with Crippen molar-refractivity contribution in [2.24, 2.45) is 0 Å². The third kappa shape index (κ3) is 4.61. The van der Waals surface area contributed by atoms with Gasteiger partial charge in [-0.3, -0.25) is 9.69 Å². The number of hydrogen-bond donors (Lipinski definition) is 3. The molecular weight excluding hydrogens is 330 g/mol. The number of amides is 2. The van der Waals surface area contributed by atoms with Gasteiger partial charge in [-0.05, 0) is 42.7 Å². The van der Waals surface area contributed by atoms with E-state index in [9.17, 15) is 9.59 Å². The van der Waals surface area contributed by atoms with Gasteiger partial charge in [0.05, 0.1) is 6.42 Å². The van der Waals surface area contributed by atoms with Gasteiger partial charge in [0.25, 0.3) is 0 Å². The molecule has 26 heavy (non-hydrogen) atoms. The fourth-order valence-corrected chi connectivity index (χ4v) is 3.15. The first-order valence-corrected chi connectivity index (χ1v) is 8.71. The van der Waals surface area contributed by atoms with Gasteiger partial charge in [-0.15, -0.1) is 0 Å². The highest BCUT2D eigenvalue weighted by atomic mass is 16.4. The molecule has 0 bridgehead atoms. The van der Waals surface area contributed by atoms with Gasteiger partial charge < -0.3 is 15.7 Å². The summed E-state index contributed by atoms with van der Waals surface area (Å²) in [6.07, 6.45) is 0.933. The minimum absolute atomic E-state index is 0.145. The van der Waals surface area contributed by atoms with E-state index in [-0.39, 0.29) is 12.5 Å². The zero-order chi connectivity index (χ0) is 18.5. The van der Waals surface area contributed by atoms with Gasteiger partial charge in [-0.2, -0.15) is 0 Å². The highest BCUT2D eigenvalue weighted by Gasteiger charge is 2.20. The molecule has 0 aromatic heterocycles. The fraction of sp³-hybridized carbons (Fsp3) is 0.300. The van der Waals surface area contributed by atoms with Crippen LogP contribution in [-0.4, -0.2) is 35.1 Å². The average Bonchev–Trinajstić information content (AvgIpc) is 2.62. The molecule has 0 saturated carbocycles. The number of anilines is 2. The Morgan fingerprint density at radius 1 is 1.12 bits per heavy atom. The van der Waals surface area contributed by atoms with Crippen molar-refractivity contribution in [1.29, 1.82) is 0 Å². The van der Waals surface area contributed by atoms with Crippen LogP contribution in [0.25, 0.3) is 0 Å². The maximum absolute atomic E-state index is 12.3. The van der Waals surface area contributed by atoms with Crippen molar-refractivity contribution in [3.63, 3.8) is 0 Å². The smallest absolute Gasteiger partial charge is 0.323 e. The van der Waals surface area contributed by atoms with Crippen LogP contribution in [0.15, 0.2) is 42.5 Å². The number of aryl methyl sites for hydroxylation is 1. The number of nitrogens with zero attached hydrogens (tertiary/aromatic N) is 1. The van der Waals surface area contributed by atoms with Gasteiger partial charge in [0, 0.05) is 31.0 Å². The van der Waals surface area contributed by atoms with Gasteiger partial charge >= 0.3 is 12.0 Å². The minimum Gasteiger partial charge on any atom is -0.481 e. The lowest BCUT2D eigenvalue weighted by Crippen LogP contribution is -2.33. The molecule has 0 unspecified atom stereocenters. The molecule has 136 valence electrons. The lowest BCUT2D eigenvalue weighted by Gasteiger charge is -2.29. The number of nitrogens with one attached hydrogen (secondary N) is 2. The second-order valence-corrected chi connectivity index (χ2v) is 6.56. The maximum Gasteiger partial charge on any atom is 0.323 e. The molecule has 0 spiro atoms. The van der Waals surface area contributed by atoms with Crippen molar-refractivity contribution < 1.29 is 14.7 Å². The van der Waals surface area contributed by atoms with E-state index in [2.05, 4.69) is 15.5 Å². The van der Waals surface area contributed by atoms with Crippen LogP contribution >= 0.6 is 0 Å². The molecule has 0 aliphatic carbocycles. The van der Waals surface area contributed by atoms with Gasteiger partial charge in [0.15, 0.2) is 0 Å². The van der Waals surface area contributed by atoms with E-state index >= 15 is 0 Å². The van der Waals surface area contributed by atoms with E-state index in [1.807, 2.05) is 49.4 Å². The number of fused-ring (bicyclic) bond motifs is 1. The Kier molecular flexibility index (Phi) is 5.53. The van der Waals surface area contributed by atoms with Crippen LogP contribution in [0.4, 0.5) is 16.2 Å². The van der Waals surface area contributed by atoms with Crippen molar-refractivity contribution >= 4 is 23.4 Å². The van der Waals surface area contributed by atoms with Crippen LogP contribution in [-0.2, 0) is 17.8 Å². The van der Waals surface area contributed by atoms with Crippen LogP contribution in [0, 0.1) is 6.92 Å². The molecule has 6 heteroatoms. The Bertz CT molecular complexity index is 802. The Morgan fingerprint density at radius 2 is 1.88 bits per heavy atom. The molecule has 0 radical (unpaired) electrons. The lowest BCUT2D eigenvalue weighted by molar-refractivity contribution is -0.137. The molecule has 0 fully saturated rings. The van der Waals surface area contributed by atoms with Gasteiger partial charge in [-0.25, -0.2) is 4.79 Å². The number of carbonyl (C=O) groups is 2. The Balaban J connectivity index is 1.64. The van der Waals surface area contributed by atoms with Crippen molar-refractivity contribution in [1.82, 2.24) is 4.90 Å². The second kappa shape index (κ2) is 8.01. The van der Waals surface area contributed by atoms with Crippen LogP contribution in [0.3, 0.4) is 0 Å². The third-order valence-electron chi connectivity index (χ3n) is 4.54. The van der Waals surface area contributed by atoms with Crippen LogP contribution in [0.2, 0.25) is 0 Å². The quantitative estimate of drug-likeness (QED) is 0.769. The van der Waals surface area contributed by atoms with E-state index in [0.717, 1.165) is 41.0 Å². The Hall–Kier alpha value is -2.86. The molecule has 0 saturated heterocycles. The number of carboxylic acids is 1. The highest BCUT2D eigenvalue weighted by molar-refractivity contribution is 6.00. The predicted molar refractivity (Wildman–Crippen MR) is 101 cm³/mol. The zero-order valence-electron chi connectivity index (χ0n) is 14.8. The zero-order valence-corrected chi connectivity index (χ0v) is 14.8. The maximum atomic E-state index is 12.3. The summed E-state index contributed by atoms with van der Waals surface area (Å²) in [6.45, 7) is 4.04. The molecule has 3 rings (SSSR count). The predicted octanol–water partition coefficient (Wildman–Crippen LogP) is 3.47. The van der Waals surface area contributed by atoms with E-state index in [4.69, 9.17) is 5.11 Å². The average molecular weight is 353 g/mol. The van der Waals surface area contributed by atoms with E-state index in [1.165, 1.54) is 0 Å². The van der Waals surface area contributed by atoms with Gasteiger partial charge in [-0.1, -0.05) is 29.8 Å². The fourth-order valence-electron chi connectivity index (χ4n) is 3.15. The summed E-state index contributed by atoms with van der Waals surface area (Å²) < 4.78 is 0. The molecule has 2 amide bonds. The number of hydrogen-bond acceptors (Lipinski definition) is 3. The van der Waals surface area contributed by atoms with E-state index in [1.54, 1.807) is 0 Å². The summed E-state index contributed by atoms with van der Waals surface area (Å²) in [6, 6.07) is 13.2. The normalized spacial score (nSPS) is 13.7. The van der Waals surface area contributed by atoms with Crippen molar-refractivity contribution in [3.05, 3.63) is 59.2 Å².